The number of ether oxygens (including phenoxy) is 1. The number of anilines is 1. The molecule has 1 unspecified atom stereocenters. The number of methoxy groups -OCH3 is 1. The Morgan fingerprint density at radius 2 is 2.00 bits per heavy atom. The summed E-state index contributed by atoms with van der Waals surface area (Å²) in [6.07, 6.45) is 3.89. The number of hydrogen-bond acceptors (Lipinski definition) is 3. The van der Waals surface area contributed by atoms with Crippen molar-refractivity contribution in [1.82, 2.24) is 9.88 Å². The van der Waals surface area contributed by atoms with Gasteiger partial charge in [-0.05, 0) is 49.9 Å². The molecule has 5 nitrogen and oxygen atoms in total. The molecule has 2 aromatic rings. The first kappa shape index (κ1) is 15.1. The van der Waals surface area contributed by atoms with Crippen LogP contribution in [0.5, 0.6) is 5.75 Å². The highest BCUT2D eigenvalue weighted by Gasteiger charge is 2.07. The summed E-state index contributed by atoms with van der Waals surface area (Å²) in [6, 6.07) is 9.57. The fourth-order valence-electron chi connectivity index (χ4n) is 2.02. The second kappa shape index (κ2) is 6.95. The first-order valence-corrected chi connectivity index (χ1v) is 6.89. The zero-order valence-electron chi connectivity index (χ0n) is 12.6. The van der Waals surface area contributed by atoms with Gasteiger partial charge in [0.1, 0.15) is 12.3 Å². The van der Waals surface area contributed by atoms with E-state index < -0.39 is 0 Å². The first-order valence-electron chi connectivity index (χ1n) is 6.89. The smallest absolute Gasteiger partial charge is 0.244 e. The third-order valence-electron chi connectivity index (χ3n) is 3.41. The van der Waals surface area contributed by atoms with Gasteiger partial charge in [0.15, 0.2) is 0 Å². The number of carbonyl (C=O) groups excluding carboxylic acids is 1. The van der Waals surface area contributed by atoms with Gasteiger partial charge >= 0.3 is 0 Å². The SMILES string of the molecule is CNC(C)c1ccn(CC(=O)Nc2ccc(OC)cc2)c1. The number of rotatable bonds is 6. The number of hydrogen-bond donors (Lipinski definition) is 2. The van der Waals surface area contributed by atoms with E-state index in [1.807, 2.05) is 54.3 Å². The van der Waals surface area contributed by atoms with E-state index in [1.165, 1.54) is 0 Å². The summed E-state index contributed by atoms with van der Waals surface area (Å²) in [6.45, 7) is 2.37. The topological polar surface area (TPSA) is 55.3 Å². The van der Waals surface area contributed by atoms with Gasteiger partial charge in [-0.25, -0.2) is 0 Å². The van der Waals surface area contributed by atoms with Gasteiger partial charge in [-0.2, -0.15) is 0 Å². The highest BCUT2D eigenvalue weighted by Crippen LogP contribution is 2.15. The van der Waals surface area contributed by atoms with Crippen LogP contribution in [0, 0.1) is 0 Å². The molecule has 0 aliphatic carbocycles. The Hall–Kier alpha value is -2.27. The van der Waals surface area contributed by atoms with Crippen molar-refractivity contribution in [2.45, 2.75) is 19.5 Å². The lowest BCUT2D eigenvalue weighted by Gasteiger charge is -2.08. The zero-order chi connectivity index (χ0) is 15.2. The third kappa shape index (κ3) is 4.10. The maximum atomic E-state index is 12.0. The van der Waals surface area contributed by atoms with Gasteiger partial charge in [-0.1, -0.05) is 0 Å². The molecule has 2 N–H and O–H groups in total. The molecule has 0 radical (unpaired) electrons. The molecule has 0 spiro atoms. The van der Waals surface area contributed by atoms with Crippen molar-refractivity contribution >= 4 is 11.6 Å². The predicted molar refractivity (Wildman–Crippen MR) is 83.5 cm³/mol. The Kier molecular flexibility index (Phi) is 5.00. The van der Waals surface area contributed by atoms with E-state index in [0.717, 1.165) is 17.0 Å². The zero-order valence-corrected chi connectivity index (χ0v) is 12.6. The van der Waals surface area contributed by atoms with E-state index in [-0.39, 0.29) is 11.9 Å². The summed E-state index contributed by atoms with van der Waals surface area (Å²) in [4.78, 5) is 12.0. The number of carbonyl (C=O) groups is 1. The van der Waals surface area contributed by atoms with E-state index in [9.17, 15) is 4.79 Å². The molecule has 21 heavy (non-hydrogen) atoms. The van der Waals surface area contributed by atoms with Gasteiger partial charge in [0.2, 0.25) is 5.91 Å². The van der Waals surface area contributed by atoms with Crippen molar-refractivity contribution in [3.05, 3.63) is 48.3 Å². The van der Waals surface area contributed by atoms with Crippen molar-refractivity contribution in [1.29, 1.82) is 0 Å². The minimum atomic E-state index is -0.0561. The Morgan fingerprint density at radius 1 is 1.29 bits per heavy atom. The minimum Gasteiger partial charge on any atom is -0.497 e. The van der Waals surface area contributed by atoms with Gasteiger partial charge in [-0.3, -0.25) is 4.79 Å². The molecule has 1 amide bonds. The van der Waals surface area contributed by atoms with E-state index in [2.05, 4.69) is 17.6 Å². The Bertz CT molecular complexity index is 590. The molecule has 0 aliphatic rings. The third-order valence-corrected chi connectivity index (χ3v) is 3.41. The van der Waals surface area contributed by atoms with Gasteiger partial charge in [-0.15, -0.1) is 0 Å². The lowest BCUT2D eigenvalue weighted by molar-refractivity contribution is -0.116. The average Bonchev–Trinajstić information content (AvgIpc) is 2.95. The fourth-order valence-corrected chi connectivity index (χ4v) is 2.02. The van der Waals surface area contributed by atoms with Crippen molar-refractivity contribution in [2.24, 2.45) is 0 Å². The van der Waals surface area contributed by atoms with Crippen LogP contribution >= 0.6 is 0 Å². The minimum absolute atomic E-state index is 0.0561. The molecule has 0 fully saturated rings. The summed E-state index contributed by atoms with van der Waals surface area (Å²) in [5.74, 6) is 0.712. The number of benzene rings is 1. The average molecular weight is 287 g/mol. The summed E-state index contributed by atoms with van der Waals surface area (Å²) in [5.41, 5.74) is 1.92. The molecular formula is C16H21N3O2. The molecule has 1 aromatic heterocycles. The van der Waals surface area contributed by atoms with E-state index in [0.29, 0.717) is 6.54 Å². The highest BCUT2D eigenvalue weighted by atomic mass is 16.5. The van der Waals surface area contributed by atoms with Crippen LogP contribution in [0.25, 0.3) is 0 Å². The first-order chi connectivity index (χ1) is 10.1. The molecule has 112 valence electrons. The van der Waals surface area contributed by atoms with Crippen molar-refractivity contribution in [3.63, 3.8) is 0 Å². The maximum Gasteiger partial charge on any atom is 0.244 e. The molecule has 1 heterocycles. The normalized spacial score (nSPS) is 12.0. The number of aromatic nitrogens is 1. The standard InChI is InChI=1S/C16H21N3O2/c1-12(17-2)13-8-9-19(10-13)11-16(20)18-14-4-6-15(21-3)7-5-14/h4-10,12,17H,11H2,1-3H3,(H,18,20). The van der Waals surface area contributed by atoms with Gasteiger partial charge in [0, 0.05) is 24.1 Å². The number of nitrogens with zero attached hydrogens (tertiary/aromatic N) is 1. The van der Waals surface area contributed by atoms with E-state index >= 15 is 0 Å². The maximum absolute atomic E-state index is 12.0. The van der Waals surface area contributed by atoms with Crippen LogP contribution in [0.2, 0.25) is 0 Å². The summed E-state index contributed by atoms with van der Waals surface area (Å²) in [7, 11) is 3.53. The molecule has 0 aliphatic heterocycles. The molecular weight excluding hydrogens is 266 g/mol. The lowest BCUT2D eigenvalue weighted by atomic mass is 10.2. The van der Waals surface area contributed by atoms with Crippen LogP contribution in [-0.2, 0) is 11.3 Å². The molecule has 1 atom stereocenters. The summed E-state index contributed by atoms with van der Waals surface area (Å²) in [5, 5.41) is 6.04. The summed E-state index contributed by atoms with van der Waals surface area (Å²) < 4.78 is 6.96. The second-order valence-corrected chi connectivity index (χ2v) is 4.90. The van der Waals surface area contributed by atoms with Crippen LogP contribution in [0.1, 0.15) is 18.5 Å². The number of nitrogens with one attached hydrogen (secondary N) is 2. The number of amides is 1. The van der Waals surface area contributed by atoms with Crippen molar-refractivity contribution in [3.8, 4) is 5.75 Å². The molecule has 5 heteroatoms. The fraction of sp³-hybridized carbons (Fsp3) is 0.312. The Morgan fingerprint density at radius 3 is 2.62 bits per heavy atom. The molecule has 0 bridgehead atoms. The van der Waals surface area contributed by atoms with Gasteiger partial charge in [0.05, 0.1) is 7.11 Å². The Labute approximate surface area is 124 Å². The van der Waals surface area contributed by atoms with Crippen molar-refractivity contribution in [2.75, 3.05) is 19.5 Å². The van der Waals surface area contributed by atoms with Gasteiger partial charge in [0.25, 0.3) is 0 Å². The lowest BCUT2D eigenvalue weighted by Crippen LogP contribution is -2.18. The van der Waals surface area contributed by atoms with Crippen LogP contribution < -0.4 is 15.4 Å². The van der Waals surface area contributed by atoms with E-state index in [4.69, 9.17) is 4.74 Å². The predicted octanol–water partition coefficient (Wildman–Crippen LogP) is 2.42. The van der Waals surface area contributed by atoms with E-state index in [1.54, 1.807) is 7.11 Å². The largest absolute Gasteiger partial charge is 0.497 e. The molecule has 0 saturated carbocycles. The Balaban J connectivity index is 1.93. The highest BCUT2D eigenvalue weighted by molar-refractivity contribution is 5.90. The molecule has 0 saturated heterocycles. The summed E-state index contributed by atoms with van der Waals surface area (Å²) >= 11 is 0. The molecule has 2 rings (SSSR count). The second-order valence-electron chi connectivity index (χ2n) is 4.90. The van der Waals surface area contributed by atoms with Crippen LogP contribution in [0.3, 0.4) is 0 Å². The van der Waals surface area contributed by atoms with Crippen LogP contribution in [0.15, 0.2) is 42.7 Å². The molecule has 1 aromatic carbocycles. The van der Waals surface area contributed by atoms with Crippen LogP contribution in [-0.4, -0.2) is 24.6 Å². The van der Waals surface area contributed by atoms with Crippen molar-refractivity contribution < 1.29 is 9.53 Å². The van der Waals surface area contributed by atoms with Gasteiger partial charge < -0.3 is 19.9 Å². The monoisotopic (exact) mass is 287 g/mol. The quantitative estimate of drug-likeness (QED) is 0.858. The van der Waals surface area contributed by atoms with Crippen LogP contribution in [0.4, 0.5) is 5.69 Å².